The lowest BCUT2D eigenvalue weighted by Crippen LogP contribution is -2.55. The molecule has 2 aromatic heterocycles. The first kappa shape index (κ1) is 18.8. The van der Waals surface area contributed by atoms with E-state index in [0.717, 1.165) is 36.2 Å². The standard InChI is InChI=1S/C23H25N5O2/c1-23(9-2-10-23)22(30)27-15-13-26(14-16-27)21(29)18-5-3-17(4-6-18)19-7-8-20-24-11-12-28(20)25-19/h3-8,11-12H,2,9-10,13-16H2,1H3. The number of carbonyl (C=O) groups excluding carboxylic acids is 2. The zero-order valence-electron chi connectivity index (χ0n) is 17.1. The number of hydrogen-bond acceptors (Lipinski definition) is 4. The van der Waals surface area contributed by atoms with E-state index in [-0.39, 0.29) is 17.2 Å². The fourth-order valence-corrected chi connectivity index (χ4v) is 4.35. The highest BCUT2D eigenvalue weighted by atomic mass is 16.2. The molecule has 30 heavy (non-hydrogen) atoms. The Morgan fingerprint density at radius 2 is 1.63 bits per heavy atom. The van der Waals surface area contributed by atoms with Crippen molar-refractivity contribution in [3.63, 3.8) is 0 Å². The lowest BCUT2D eigenvalue weighted by Gasteiger charge is -2.43. The minimum absolute atomic E-state index is 0.0153. The Balaban J connectivity index is 1.24. The Morgan fingerprint density at radius 1 is 0.933 bits per heavy atom. The van der Waals surface area contributed by atoms with Crippen molar-refractivity contribution >= 4 is 17.5 Å². The number of aromatic nitrogens is 3. The summed E-state index contributed by atoms with van der Waals surface area (Å²) in [6.07, 6.45) is 6.64. The van der Waals surface area contributed by atoms with Gasteiger partial charge in [0.05, 0.1) is 5.69 Å². The fourth-order valence-electron chi connectivity index (χ4n) is 4.35. The van der Waals surface area contributed by atoms with E-state index in [4.69, 9.17) is 0 Å². The van der Waals surface area contributed by atoms with Crippen molar-refractivity contribution in [2.24, 2.45) is 5.41 Å². The normalized spacial score (nSPS) is 18.3. The van der Waals surface area contributed by atoms with E-state index in [1.54, 1.807) is 10.7 Å². The van der Waals surface area contributed by atoms with Gasteiger partial charge in [0.2, 0.25) is 5.91 Å². The average molecular weight is 403 g/mol. The molecule has 1 saturated carbocycles. The maximum atomic E-state index is 12.9. The molecule has 1 saturated heterocycles. The summed E-state index contributed by atoms with van der Waals surface area (Å²) in [4.78, 5) is 33.6. The molecule has 3 aromatic rings. The number of nitrogens with zero attached hydrogens (tertiary/aromatic N) is 5. The van der Waals surface area contributed by atoms with Crippen LogP contribution >= 0.6 is 0 Å². The molecule has 0 bridgehead atoms. The highest BCUT2D eigenvalue weighted by Gasteiger charge is 2.42. The molecular weight excluding hydrogens is 378 g/mol. The monoisotopic (exact) mass is 403 g/mol. The van der Waals surface area contributed by atoms with Crippen molar-refractivity contribution in [3.05, 3.63) is 54.4 Å². The highest BCUT2D eigenvalue weighted by Crippen LogP contribution is 2.42. The molecule has 1 aromatic carbocycles. The van der Waals surface area contributed by atoms with Gasteiger partial charge in [0, 0.05) is 55.1 Å². The van der Waals surface area contributed by atoms with Crippen molar-refractivity contribution in [2.75, 3.05) is 26.2 Å². The molecule has 0 spiro atoms. The van der Waals surface area contributed by atoms with Gasteiger partial charge >= 0.3 is 0 Å². The zero-order valence-corrected chi connectivity index (χ0v) is 17.1. The number of fused-ring (bicyclic) bond motifs is 1. The Labute approximate surface area is 175 Å². The summed E-state index contributed by atoms with van der Waals surface area (Å²) in [5, 5.41) is 4.55. The second-order valence-electron chi connectivity index (χ2n) is 8.52. The van der Waals surface area contributed by atoms with Gasteiger partial charge in [-0.15, -0.1) is 0 Å². The summed E-state index contributed by atoms with van der Waals surface area (Å²) in [6, 6.07) is 11.4. The SMILES string of the molecule is CC1(C(=O)N2CCN(C(=O)c3ccc(-c4ccc5nccn5n4)cc3)CC2)CCC1. The van der Waals surface area contributed by atoms with Crippen LogP contribution in [0.5, 0.6) is 0 Å². The summed E-state index contributed by atoms with van der Waals surface area (Å²) in [6.45, 7) is 4.47. The maximum absolute atomic E-state index is 12.9. The summed E-state index contributed by atoms with van der Waals surface area (Å²) < 4.78 is 1.74. The Morgan fingerprint density at radius 3 is 2.30 bits per heavy atom. The van der Waals surface area contributed by atoms with E-state index in [2.05, 4.69) is 17.0 Å². The van der Waals surface area contributed by atoms with Crippen LogP contribution < -0.4 is 0 Å². The van der Waals surface area contributed by atoms with Crippen LogP contribution in [0.3, 0.4) is 0 Å². The molecule has 1 aliphatic heterocycles. The number of benzene rings is 1. The van der Waals surface area contributed by atoms with Gasteiger partial charge in [-0.05, 0) is 37.1 Å². The number of imidazole rings is 1. The molecule has 0 atom stereocenters. The van der Waals surface area contributed by atoms with E-state index < -0.39 is 0 Å². The molecule has 0 unspecified atom stereocenters. The number of rotatable bonds is 3. The van der Waals surface area contributed by atoms with Crippen molar-refractivity contribution in [1.29, 1.82) is 0 Å². The molecule has 2 amide bonds. The molecule has 0 N–H and O–H groups in total. The molecule has 3 heterocycles. The Kier molecular flexibility index (Phi) is 4.53. The third-order valence-corrected chi connectivity index (χ3v) is 6.51. The van der Waals surface area contributed by atoms with Gasteiger partial charge in [-0.25, -0.2) is 9.50 Å². The molecule has 5 rings (SSSR count). The second kappa shape index (κ2) is 7.23. The van der Waals surface area contributed by atoms with Gasteiger partial charge in [-0.3, -0.25) is 9.59 Å². The molecule has 1 aliphatic carbocycles. The van der Waals surface area contributed by atoms with Gasteiger partial charge < -0.3 is 9.80 Å². The first-order valence-electron chi connectivity index (χ1n) is 10.5. The quantitative estimate of drug-likeness (QED) is 0.674. The summed E-state index contributed by atoms with van der Waals surface area (Å²) in [7, 11) is 0. The summed E-state index contributed by atoms with van der Waals surface area (Å²) in [5.74, 6) is 0.272. The van der Waals surface area contributed by atoms with Gasteiger partial charge in [0.25, 0.3) is 5.91 Å². The van der Waals surface area contributed by atoms with E-state index in [9.17, 15) is 9.59 Å². The first-order chi connectivity index (χ1) is 14.5. The lowest BCUT2D eigenvalue weighted by molar-refractivity contribution is -0.147. The predicted molar refractivity (Wildman–Crippen MR) is 113 cm³/mol. The van der Waals surface area contributed by atoms with Crippen molar-refractivity contribution < 1.29 is 9.59 Å². The topological polar surface area (TPSA) is 70.8 Å². The molecule has 2 aliphatic rings. The molecule has 0 radical (unpaired) electrons. The van der Waals surface area contributed by atoms with E-state index in [0.29, 0.717) is 31.7 Å². The average Bonchev–Trinajstić information content (AvgIpc) is 3.24. The smallest absolute Gasteiger partial charge is 0.253 e. The molecule has 2 fully saturated rings. The Bertz CT molecular complexity index is 1090. The van der Waals surface area contributed by atoms with Crippen LogP contribution in [0.25, 0.3) is 16.9 Å². The molecule has 7 nitrogen and oxygen atoms in total. The van der Waals surface area contributed by atoms with Crippen LogP contribution in [-0.4, -0.2) is 62.4 Å². The maximum Gasteiger partial charge on any atom is 0.253 e. The zero-order chi connectivity index (χ0) is 20.7. The van der Waals surface area contributed by atoms with Crippen molar-refractivity contribution in [2.45, 2.75) is 26.2 Å². The molecular formula is C23H25N5O2. The van der Waals surface area contributed by atoms with Gasteiger partial charge in [0.1, 0.15) is 0 Å². The number of piperazine rings is 1. The van der Waals surface area contributed by atoms with Crippen LogP contribution in [0, 0.1) is 5.41 Å². The number of amides is 2. The first-order valence-corrected chi connectivity index (χ1v) is 10.5. The van der Waals surface area contributed by atoms with Crippen molar-refractivity contribution in [3.8, 4) is 11.3 Å². The third-order valence-electron chi connectivity index (χ3n) is 6.51. The van der Waals surface area contributed by atoms with Crippen LogP contribution in [-0.2, 0) is 4.79 Å². The van der Waals surface area contributed by atoms with Crippen LogP contribution in [0.15, 0.2) is 48.8 Å². The highest BCUT2D eigenvalue weighted by molar-refractivity contribution is 5.95. The summed E-state index contributed by atoms with van der Waals surface area (Å²) >= 11 is 0. The minimum Gasteiger partial charge on any atom is -0.339 e. The van der Waals surface area contributed by atoms with Gasteiger partial charge in [0.15, 0.2) is 5.65 Å². The third kappa shape index (κ3) is 3.24. The van der Waals surface area contributed by atoms with E-state index in [1.165, 1.54) is 0 Å². The van der Waals surface area contributed by atoms with Crippen molar-refractivity contribution in [1.82, 2.24) is 24.4 Å². The second-order valence-corrected chi connectivity index (χ2v) is 8.52. The number of carbonyl (C=O) groups is 2. The predicted octanol–water partition coefficient (Wildman–Crippen LogP) is 2.87. The summed E-state index contributed by atoms with van der Waals surface area (Å²) in [5.41, 5.74) is 3.07. The van der Waals surface area contributed by atoms with Gasteiger partial charge in [-0.2, -0.15) is 5.10 Å². The number of hydrogen-bond donors (Lipinski definition) is 0. The Hall–Kier alpha value is -3.22. The van der Waals surface area contributed by atoms with Crippen LogP contribution in [0.2, 0.25) is 0 Å². The molecule has 154 valence electrons. The van der Waals surface area contributed by atoms with E-state index >= 15 is 0 Å². The largest absolute Gasteiger partial charge is 0.339 e. The van der Waals surface area contributed by atoms with Gasteiger partial charge in [-0.1, -0.05) is 25.5 Å². The van der Waals surface area contributed by atoms with Crippen LogP contribution in [0.1, 0.15) is 36.5 Å². The van der Waals surface area contributed by atoms with E-state index in [1.807, 2.05) is 52.4 Å². The lowest BCUT2D eigenvalue weighted by atomic mass is 9.69. The fraction of sp³-hybridized carbons (Fsp3) is 0.391. The minimum atomic E-state index is -0.171. The van der Waals surface area contributed by atoms with Crippen LogP contribution in [0.4, 0.5) is 0 Å². The molecule has 7 heteroatoms.